The summed E-state index contributed by atoms with van der Waals surface area (Å²) >= 11 is 0. The van der Waals surface area contributed by atoms with Gasteiger partial charge in [0.1, 0.15) is 0 Å². The number of benzene rings is 1. The third-order valence-corrected chi connectivity index (χ3v) is 2.46. The number of anilines is 1. The predicted octanol–water partition coefficient (Wildman–Crippen LogP) is 0.835. The Labute approximate surface area is 96.4 Å². The SMILES string of the molecule is CC(NCc1ccccc1N)C(=O)N(C)C. The third kappa shape index (κ3) is 3.24. The zero-order valence-corrected chi connectivity index (χ0v) is 10.0. The number of nitrogens with two attached hydrogens (primary N) is 1. The van der Waals surface area contributed by atoms with Gasteiger partial charge in [-0.3, -0.25) is 4.79 Å². The summed E-state index contributed by atoms with van der Waals surface area (Å²) in [7, 11) is 3.49. The molecule has 1 aromatic rings. The molecule has 1 rings (SSSR count). The first-order valence-electron chi connectivity index (χ1n) is 5.30. The molecular formula is C12H19N3O. The maximum Gasteiger partial charge on any atom is 0.238 e. The average molecular weight is 221 g/mol. The van der Waals surface area contributed by atoms with Gasteiger partial charge in [0, 0.05) is 26.3 Å². The Morgan fingerprint density at radius 2 is 2.06 bits per heavy atom. The van der Waals surface area contributed by atoms with Crippen molar-refractivity contribution in [3.63, 3.8) is 0 Å². The van der Waals surface area contributed by atoms with Gasteiger partial charge in [-0.15, -0.1) is 0 Å². The first-order chi connectivity index (χ1) is 7.52. The smallest absolute Gasteiger partial charge is 0.238 e. The van der Waals surface area contributed by atoms with Crippen molar-refractivity contribution in [1.82, 2.24) is 10.2 Å². The lowest BCUT2D eigenvalue weighted by Crippen LogP contribution is -2.41. The van der Waals surface area contributed by atoms with E-state index in [1.807, 2.05) is 31.2 Å². The van der Waals surface area contributed by atoms with E-state index in [2.05, 4.69) is 5.32 Å². The van der Waals surface area contributed by atoms with Gasteiger partial charge in [-0.2, -0.15) is 0 Å². The maximum absolute atomic E-state index is 11.6. The van der Waals surface area contributed by atoms with Gasteiger partial charge in [-0.1, -0.05) is 18.2 Å². The van der Waals surface area contributed by atoms with Crippen molar-refractivity contribution in [1.29, 1.82) is 0 Å². The van der Waals surface area contributed by atoms with Gasteiger partial charge in [0.25, 0.3) is 0 Å². The Morgan fingerprint density at radius 3 is 2.62 bits per heavy atom. The molecule has 0 aromatic heterocycles. The lowest BCUT2D eigenvalue weighted by Gasteiger charge is -2.18. The van der Waals surface area contributed by atoms with Crippen LogP contribution >= 0.6 is 0 Å². The number of carbonyl (C=O) groups excluding carboxylic acids is 1. The van der Waals surface area contributed by atoms with Crippen LogP contribution in [0.5, 0.6) is 0 Å². The molecule has 4 nitrogen and oxygen atoms in total. The highest BCUT2D eigenvalue weighted by Crippen LogP contribution is 2.09. The molecule has 1 amide bonds. The molecule has 88 valence electrons. The number of amides is 1. The second-order valence-corrected chi connectivity index (χ2v) is 4.03. The fourth-order valence-corrected chi connectivity index (χ4v) is 1.43. The highest BCUT2D eigenvalue weighted by Gasteiger charge is 2.13. The van der Waals surface area contributed by atoms with Crippen molar-refractivity contribution >= 4 is 11.6 Å². The van der Waals surface area contributed by atoms with Gasteiger partial charge in [0.2, 0.25) is 5.91 Å². The molecule has 0 spiro atoms. The summed E-state index contributed by atoms with van der Waals surface area (Å²) in [5.74, 6) is 0.0644. The number of para-hydroxylation sites is 1. The number of nitrogen functional groups attached to an aromatic ring is 1. The van der Waals surface area contributed by atoms with Crippen LogP contribution in [0.4, 0.5) is 5.69 Å². The fraction of sp³-hybridized carbons (Fsp3) is 0.417. The van der Waals surface area contributed by atoms with Crippen molar-refractivity contribution in [2.45, 2.75) is 19.5 Å². The lowest BCUT2D eigenvalue weighted by molar-refractivity contribution is -0.130. The number of nitrogens with zero attached hydrogens (tertiary/aromatic N) is 1. The Hall–Kier alpha value is -1.55. The predicted molar refractivity (Wildman–Crippen MR) is 65.9 cm³/mol. The van der Waals surface area contributed by atoms with E-state index in [-0.39, 0.29) is 11.9 Å². The molecule has 0 fully saturated rings. The first kappa shape index (κ1) is 12.5. The first-order valence-corrected chi connectivity index (χ1v) is 5.30. The standard InChI is InChI=1S/C12H19N3O/c1-9(12(16)15(2)3)14-8-10-6-4-5-7-11(10)13/h4-7,9,14H,8,13H2,1-3H3. The average Bonchev–Trinajstić information content (AvgIpc) is 2.26. The second kappa shape index (κ2) is 5.51. The van der Waals surface area contributed by atoms with E-state index in [4.69, 9.17) is 5.73 Å². The minimum Gasteiger partial charge on any atom is -0.398 e. The largest absolute Gasteiger partial charge is 0.398 e. The number of likely N-dealkylation sites (N-methyl/N-ethyl adjacent to an activating group) is 1. The summed E-state index contributed by atoms with van der Waals surface area (Å²) < 4.78 is 0. The van der Waals surface area contributed by atoms with Crippen LogP contribution < -0.4 is 11.1 Å². The quantitative estimate of drug-likeness (QED) is 0.741. The number of nitrogens with one attached hydrogen (secondary N) is 1. The lowest BCUT2D eigenvalue weighted by atomic mass is 10.1. The van der Waals surface area contributed by atoms with Crippen LogP contribution in [0.25, 0.3) is 0 Å². The normalized spacial score (nSPS) is 12.2. The molecule has 1 aromatic carbocycles. The van der Waals surface area contributed by atoms with Crippen molar-refractivity contribution in [3.8, 4) is 0 Å². The van der Waals surface area contributed by atoms with E-state index >= 15 is 0 Å². The zero-order valence-electron chi connectivity index (χ0n) is 10.0. The van der Waals surface area contributed by atoms with E-state index in [1.165, 1.54) is 0 Å². The number of carbonyl (C=O) groups is 1. The van der Waals surface area contributed by atoms with Crippen LogP contribution in [-0.4, -0.2) is 30.9 Å². The van der Waals surface area contributed by atoms with Crippen molar-refractivity contribution in [3.05, 3.63) is 29.8 Å². The van der Waals surface area contributed by atoms with E-state index in [1.54, 1.807) is 19.0 Å². The maximum atomic E-state index is 11.6. The van der Waals surface area contributed by atoms with Crippen molar-refractivity contribution in [2.24, 2.45) is 0 Å². The second-order valence-electron chi connectivity index (χ2n) is 4.03. The Morgan fingerprint density at radius 1 is 1.44 bits per heavy atom. The molecule has 1 atom stereocenters. The monoisotopic (exact) mass is 221 g/mol. The van der Waals surface area contributed by atoms with Crippen LogP contribution in [0.2, 0.25) is 0 Å². The van der Waals surface area contributed by atoms with E-state index in [0.717, 1.165) is 11.3 Å². The summed E-state index contributed by atoms with van der Waals surface area (Å²) in [4.78, 5) is 13.2. The van der Waals surface area contributed by atoms with E-state index in [9.17, 15) is 4.79 Å². The zero-order chi connectivity index (χ0) is 12.1. The summed E-state index contributed by atoms with van der Waals surface area (Å²) in [5.41, 5.74) is 7.57. The Bertz CT molecular complexity index is 363. The van der Waals surface area contributed by atoms with Gasteiger partial charge in [-0.05, 0) is 18.6 Å². The summed E-state index contributed by atoms with van der Waals surface area (Å²) in [6.45, 7) is 2.45. The molecular weight excluding hydrogens is 202 g/mol. The fourth-order valence-electron chi connectivity index (χ4n) is 1.43. The van der Waals surface area contributed by atoms with Gasteiger partial charge in [-0.25, -0.2) is 0 Å². The third-order valence-electron chi connectivity index (χ3n) is 2.46. The Balaban J connectivity index is 2.52. The molecule has 0 aliphatic rings. The minimum atomic E-state index is -0.199. The van der Waals surface area contributed by atoms with Crippen LogP contribution in [0.3, 0.4) is 0 Å². The van der Waals surface area contributed by atoms with Crippen molar-refractivity contribution < 1.29 is 4.79 Å². The van der Waals surface area contributed by atoms with Crippen LogP contribution in [-0.2, 0) is 11.3 Å². The number of hydrogen-bond donors (Lipinski definition) is 2. The van der Waals surface area contributed by atoms with E-state index < -0.39 is 0 Å². The highest BCUT2D eigenvalue weighted by atomic mass is 16.2. The Kier molecular flexibility index (Phi) is 4.31. The summed E-state index contributed by atoms with van der Waals surface area (Å²) in [6.07, 6.45) is 0. The molecule has 0 heterocycles. The molecule has 0 saturated heterocycles. The van der Waals surface area contributed by atoms with Gasteiger partial charge in [0.05, 0.1) is 6.04 Å². The molecule has 3 N–H and O–H groups in total. The molecule has 0 aliphatic heterocycles. The van der Waals surface area contributed by atoms with Crippen LogP contribution in [0.15, 0.2) is 24.3 Å². The van der Waals surface area contributed by atoms with E-state index in [0.29, 0.717) is 6.54 Å². The summed E-state index contributed by atoms with van der Waals surface area (Å²) in [5, 5.41) is 3.15. The van der Waals surface area contributed by atoms with Gasteiger partial charge < -0.3 is 16.0 Å². The van der Waals surface area contributed by atoms with Gasteiger partial charge in [0.15, 0.2) is 0 Å². The minimum absolute atomic E-state index is 0.0644. The van der Waals surface area contributed by atoms with Crippen LogP contribution in [0, 0.1) is 0 Å². The van der Waals surface area contributed by atoms with Crippen LogP contribution in [0.1, 0.15) is 12.5 Å². The number of hydrogen-bond acceptors (Lipinski definition) is 3. The highest BCUT2D eigenvalue weighted by molar-refractivity contribution is 5.80. The molecule has 0 aliphatic carbocycles. The van der Waals surface area contributed by atoms with Crippen molar-refractivity contribution in [2.75, 3.05) is 19.8 Å². The summed E-state index contributed by atoms with van der Waals surface area (Å²) in [6, 6.07) is 7.44. The molecule has 16 heavy (non-hydrogen) atoms. The molecule has 0 bridgehead atoms. The molecule has 4 heteroatoms. The number of rotatable bonds is 4. The molecule has 0 radical (unpaired) electrons. The molecule has 0 saturated carbocycles. The molecule has 1 unspecified atom stereocenters. The van der Waals surface area contributed by atoms with Gasteiger partial charge >= 0.3 is 0 Å². The topological polar surface area (TPSA) is 58.4 Å².